The van der Waals surface area contributed by atoms with Gasteiger partial charge in [0.15, 0.2) is 0 Å². The van der Waals surface area contributed by atoms with E-state index >= 15 is 0 Å². The fourth-order valence-corrected chi connectivity index (χ4v) is 4.37. The van der Waals surface area contributed by atoms with Crippen molar-refractivity contribution < 1.29 is 9.53 Å². The van der Waals surface area contributed by atoms with E-state index in [1.807, 2.05) is 0 Å². The Bertz CT molecular complexity index is 234. The van der Waals surface area contributed by atoms with Gasteiger partial charge in [0.25, 0.3) is 0 Å². The van der Waals surface area contributed by atoms with Crippen molar-refractivity contribution in [2.45, 2.75) is 44.1 Å². The number of methoxy groups -OCH3 is 1. The van der Waals surface area contributed by atoms with Crippen LogP contribution in [-0.4, -0.2) is 26.7 Å². The second-order valence-electron chi connectivity index (χ2n) is 5.69. The summed E-state index contributed by atoms with van der Waals surface area (Å²) in [4.78, 5) is 11.3. The van der Waals surface area contributed by atoms with Crippen LogP contribution in [0.3, 0.4) is 0 Å². The van der Waals surface area contributed by atoms with Gasteiger partial charge in [-0.3, -0.25) is 4.79 Å². The second kappa shape index (κ2) is 4.85. The summed E-state index contributed by atoms with van der Waals surface area (Å²) < 4.78 is 4.68. The molecule has 1 aliphatic rings. The van der Waals surface area contributed by atoms with Crippen LogP contribution in [0.25, 0.3) is 0 Å². The number of carbonyl (C=O) groups is 1. The molecule has 0 spiro atoms. The van der Waals surface area contributed by atoms with Crippen LogP contribution in [0.15, 0.2) is 0 Å². The predicted molar refractivity (Wildman–Crippen MR) is 67.1 cm³/mol. The van der Waals surface area contributed by atoms with Crippen molar-refractivity contribution in [1.82, 2.24) is 0 Å². The van der Waals surface area contributed by atoms with Gasteiger partial charge < -0.3 is 10.5 Å². The molecule has 0 radical (unpaired) electrons. The van der Waals surface area contributed by atoms with Crippen LogP contribution < -0.4 is 5.73 Å². The first-order chi connectivity index (χ1) is 6.27. The molecule has 2 N–H and O–H groups in total. The van der Waals surface area contributed by atoms with Crippen molar-refractivity contribution >= 4 is 26.5 Å². The van der Waals surface area contributed by atoms with Crippen LogP contribution in [-0.2, 0) is 9.53 Å². The number of ether oxygens (including phenoxy) is 1. The molecule has 0 aromatic rings. The molecule has 0 bridgehead atoms. The number of esters is 1. The highest BCUT2D eigenvalue weighted by atomic mass is 35.5. The van der Waals surface area contributed by atoms with Crippen molar-refractivity contribution in [3.05, 3.63) is 0 Å². The van der Waals surface area contributed by atoms with Gasteiger partial charge in [-0.15, -0.1) is 12.4 Å². The quantitative estimate of drug-likeness (QED) is 0.617. The number of nitrogens with two attached hydrogens (primary N) is 1. The topological polar surface area (TPSA) is 52.3 Å². The summed E-state index contributed by atoms with van der Waals surface area (Å²) in [6.07, 6.45) is 1.62. The van der Waals surface area contributed by atoms with Gasteiger partial charge >= 0.3 is 5.97 Å². The first-order valence-electron chi connectivity index (χ1n) is 5.14. The maximum absolute atomic E-state index is 11.3. The van der Waals surface area contributed by atoms with E-state index in [-0.39, 0.29) is 18.4 Å². The SMILES string of the molecule is COC(=O)C1(N)CC(C[Si](C)(C)C)C1.Cl. The van der Waals surface area contributed by atoms with Crippen LogP contribution in [0.2, 0.25) is 25.7 Å². The summed E-state index contributed by atoms with van der Waals surface area (Å²) >= 11 is 0. The first-order valence-corrected chi connectivity index (χ1v) is 8.85. The average Bonchev–Trinajstić information content (AvgIpc) is 1.97. The highest BCUT2D eigenvalue weighted by Crippen LogP contribution is 2.41. The molecule has 1 rings (SSSR count). The van der Waals surface area contributed by atoms with Gasteiger partial charge in [-0.05, 0) is 18.8 Å². The smallest absolute Gasteiger partial charge is 0.325 e. The van der Waals surface area contributed by atoms with Gasteiger partial charge in [0.05, 0.1) is 7.11 Å². The third kappa shape index (κ3) is 3.77. The standard InChI is InChI=1S/C10H21NO2Si.ClH/c1-13-9(12)10(11)5-8(6-10)7-14(2,3)4;/h8H,5-7,11H2,1-4H3;1H. The fraction of sp³-hybridized carbons (Fsp3) is 0.900. The lowest BCUT2D eigenvalue weighted by Gasteiger charge is -2.44. The second-order valence-corrected chi connectivity index (χ2v) is 11.2. The highest BCUT2D eigenvalue weighted by Gasteiger charge is 2.48. The van der Waals surface area contributed by atoms with E-state index in [1.54, 1.807) is 0 Å². The van der Waals surface area contributed by atoms with Crippen molar-refractivity contribution in [2.75, 3.05) is 7.11 Å². The molecule has 3 nitrogen and oxygen atoms in total. The third-order valence-electron chi connectivity index (χ3n) is 2.80. The van der Waals surface area contributed by atoms with Gasteiger partial charge in [0, 0.05) is 8.07 Å². The maximum atomic E-state index is 11.3. The lowest BCUT2D eigenvalue weighted by Crippen LogP contribution is -2.59. The van der Waals surface area contributed by atoms with Gasteiger partial charge in [-0.2, -0.15) is 0 Å². The molecule has 0 unspecified atom stereocenters. The zero-order valence-corrected chi connectivity index (χ0v) is 11.8. The Hall–Kier alpha value is -0.0631. The lowest BCUT2D eigenvalue weighted by atomic mass is 9.70. The Kier molecular flexibility index (Phi) is 4.83. The van der Waals surface area contributed by atoms with Crippen LogP contribution in [0.5, 0.6) is 0 Å². The van der Waals surface area contributed by atoms with E-state index in [0.717, 1.165) is 12.8 Å². The molecule has 1 saturated carbocycles. The molecule has 0 atom stereocenters. The lowest BCUT2D eigenvalue weighted by molar-refractivity contribution is -0.152. The van der Waals surface area contributed by atoms with Crippen molar-refractivity contribution in [3.63, 3.8) is 0 Å². The van der Waals surface area contributed by atoms with Crippen LogP contribution in [0.4, 0.5) is 0 Å². The van der Waals surface area contributed by atoms with Gasteiger partial charge in [0.1, 0.15) is 5.54 Å². The van der Waals surface area contributed by atoms with E-state index in [1.165, 1.54) is 13.2 Å². The van der Waals surface area contributed by atoms with E-state index in [0.29, 0.717) is 5.92 Å². The maximum Gasteiger partial charge on any atom is 0.325 e. The van der Waals surface area contributed by atoms with Gasteiger partial charge in [-0.1, -0.05) is 25.7 Å². The molecular weight excluding hydrogens is 230 g/mol. The minimum absolute atomic E-state index is 0. The molecule has 5 heteroatoms. The van der Waals surface area contributed by atoms with Crippen molar-refractivity contribution in [1.29, 1.82) is 0 Å². The minimum atomic E-state index is -1.01. The summed E-state index contributed by atoms with van der Waals surface area (Å²) in [5.74, 6) is 0.398. The van der Waals surface area contributed by atoms with Crippen molar-refractivity contribution in [2.24, 2.45) is 11.7 Å². The van der Waals surface area contributed by atoms with E-state index in [9.17, 15) is 4.79 Å². The zero-order valence-electron chi connectivity index (χ0n) is 10.0. The summed E-state index contributed by atoms with van der Waals surface area (Å²) in [5.41, 5.74) is 5.24. The van der Waals surface area contributed by atoms with Crippen molar-refractivity contribution in [3.8, 4) is 0 Å². The molecule has 0 heterocycles. The average molecular weight is 252 g/mol. The Balaban J connectivity index is 0.00000196. The molecule has 0 saturated heterocycles. The van der Waals surface area contributed by atoms with E-state index in [4.69, 9.17) is 5.73 Å². The highest BCUT2D eigenvalue weighted by molar-refractivity contribution is 6.76. The summed E-state index contributed by atoms with van der Waals surface area (Å²) in [7, 11) is 0.400. The Labute approximate surface area is 99.2 Å². The minimum Gasteiger partial charge on any atom is -0.468 e. The number of rotatable bonds is 3. The Morgan fingerprint density at radius 1 is 1.47 bits per heavy atom. The fourth-order valence-electron chi connectivity index (χ4n) is 2.35. The zero-order chi connectivity index (χ0) is 11.0. The molecule has 1 fully saturated rings. The molecular formula is C10H22ClNO2Si. The Morgan fingerprint density at radius 2 is 1.93 bits per heavy atom. The van der Waals surface area contributed by atoms with Crippen LogP contribution in [0, 0.1) is 5.92 Å². The third-order valence-corrected chi connectivity index (χ3v) is 4.60. The largest absolute Gasteiger partial charge is 0.468 e. The summed E-state index contributed by atoms with van der Waals surface area (Å²) in [5, 5.41) is 0. The monoisotopic (exact) mass is 251 g/mol. The normalized spacial score (nSPS) is 30.1. The van der Waals surface area contributed by atoms with E-state index in [2.05, 4.69) is 24.4 Å². The summed E-state index contributed by atoms with van der Waals surface area (Å²) in [6, 6.07) is 1.27. The molecule has 90 valence electrons. The Morgan fingerprint density at radius 3 is 2.27 bits per heavy atom. The molecule has 0 aliphatic heterocycles. The number of carbonyl (C=O) groups excluding carboxylic acids is 1. The van der Waals surface area contributed by atoms with Gasteiger partial charge in [-0.25, -0.2) is 0 Å². The molecule has 0 aromatic carbocycles. The summed E-state index contributed by atoms with van der Waals surface area (Å²) in [6.45, 7) is 7.05. The molecule has 0 aromatic heterocycles. The van der Waals surface area contributed by atoms with E-state index < -0.39 is 13.6 Å². The number of hydrogen-bond donors (Lipinski definition) is 1. The molecule has 0 amide bonds. The molecule has 1 aliphatic carbocycles. The molecule has 15 heavy (non-hydrogen) atoms. The van der Waals surface area contributed by atoms with Crippen LogP contribution >= 0.6 is 12.4 Å². The predicted octanol–water partition coefficient (Wildman–Crippen LogP) is 2.03. The number of hydrogen-bond acceptors (Lipinski definition) is 3. The van der Waals surface area contributed by atoms with Crippen LogP contribution in [0.1, 0.15) is 12.8 Å². The number of halogens is 1. The first kappa shape index (κ1) is 14.9. The van der Waals surface area contributed by atoms with Gasteiger partial charge in [0.2, 0.25) is 0 Å².